The molecule has 0 amide bonds. The second kappa shape index (κ2) is 4.17. The molecule has 2 aromatic rings. The van der Waals surface area contributed by atoms with E-state index in [-0.39, 0.29) is 7.43 Å². The van der Waals surface area contributed by atoms with Gasteiger partial charge in [-0.25, -0.2) is 4.98 Å². The average molecular weight is 204 g/mol. The van der Waals surface area contributed by atoms with Crippen LogP contribution >= 0.6 is 0 Å². The summed E-state index contributed by atoms with van der Waals surface area (Å²) in [5.41, 5.74) is 8.36. The van der Waals surface area contributed by atoms with E-state index in [1.807, 2.05) is 31.2 Å². The van der Waals surface area contributed by atoms with Crippen LogP contribution in [0.1, 0.15) is 13.1 Å². The van der Waals surface area contributed by atoms with Crippen LogP contribution in [0.4, 0.5) is 5.69 Å². The van der Waals surface area contributed by atoms with E-state index in [1.165, 1.54) is 0 Å². The van der Waals surface area contributed by atoms with Crippen molar-refractivity contribution < 1.29 is 4.74 Å². The maximum atomic E-state index is 5.89. The molecule has 3 heteroatoms. The second-order valence-corrected chi connectivity index (χ2v) is 3.21. The van der Waals surface area contributed by atoms with E-state index >= 15 is 0 Å². The molecule has 2 N–H and O–H groups in total. The molecule has 0 aliphatic rings. The lowest BCUT2D eigenvalue weighted by molar-refractivity contribution is 0.419. The summed E-state index contributed by atoms with van der Waals surface area (Å²) in [5, 5.41) is 0.940. The first kappa shape index (κ1) is 11.3. The van der Waals surface area contributed by atoms with Gasteiger partial charge < -0.3 is 10.5 Å². The van der Waals surface area contributed by atoms with E-state index < -0.39 is 0 Å². The largest absolute Gasteiger partial charge is 0.494 e. The maximum absolute atomic E-state index is 5.89. The third kappa shape index (κ3) is 1.86. The quantitative estimate of drug-likeness (QED) is 0.777. The molecule has 80 valence electrons. The highest BCUT2D eigenvalue weighted by atomic mass is 16.5. The molecule has 0 bridgehead atoms. The van der Waals surface area contributed by atoms with Crippen LogP contribution in [0.5, 0.6) is 5.75 Å². The van der Waals surface area contributed by atoms with Gasteiger partial charge in [0.2, 0.25) is 0 Å². The Labute approximate surface area is 89.9 Å². The number of hydrogen-bond donors (Lipinski definition) is 1. The number of aromatic nitrogens is 1. The zero-order valence-electron chi connectivity index (χ0n) is 8.24. The second-order valence-electron chi connectivity index (χ2n) is 3.21. The van der Waals surface area contributed by atoms with E-state index in [0.29, 0.717) is 0 Å². The van der Waals surface area contributed by atoms with Crippen LogP contribution < -0.4 is 10.5 Å². The number of hydrogen-bond acceptors (Lipinski definition) is 3. The minimum Gasteiger partial charge on any atom is -0.494 e. The number of para-hydroxylation sites is 1. The molecule has 1 aromatic carbocycles. The van der Waals surface area contributed by atoms with Gasteiger partial charge in [0.1, 0.15) is 11.3 Å². The number of nitrogens with zero attached hydrogens (tertiary/aromatic N) is 1. The van der Waals surface area contributed by atoms with Gasteiger partial charge in [-0.05, 0) is 19.1 Å². The van der Waals surface area contributed by atoms with Gasteiger partial charge in [0.05, 0.1) is 7.11 Å². The zero-order chi connectivity index (χ0) is 10.1. The Bertz CT molecular complexity index is 480. The van der Waals surface area contributed by atoms with Gasteiger partial charge in [0.25, 0.3) is 0 Å². The van der Waals surface area contributed by atoms with E-state index in [4.69, 9.17) is 10.5 Å². The third-order valence-corrected chi connectivity index (χ3v) is 2.18. The predicted octanol–water partition coefficient (Wildman–Crippen LogP) is 2.77. The summed E-state index contributed by atoms with van der Waals surface area (Å²) in [5.74, 6) is 0.762. The molecule has 2 rings (SSSR count). The number of nitrogens with two attached hydrogens (primary N) is 1. The van der Waals surface area contributed by atoms with E-state index in [2.05, 4.69) is 4.98 Å². The van der Waals surface area contributed by atoms with Crippen LogP contribution in [0.25, 0.3) is 10.9 Å². The van der Waals surface area contributed by atoms with E-state index in [1.54, 1.807) is 7.11 Å². The van der Waals surface area contributed by atoms with Crippen molar-refractivity contribution >= 4 is 16.6 Å². The Morgan fingerprint density at radius 3 is 2.73 bits per heavy atom. The van der Waals surface area contributed by atoms with Gasteiger partial charge in [0.15, 0.2) is 0 Å². The number of aryl methyl sites for hydroxylation is 1. The smallest absolute Gasteiger partial charge is 0.145 e. The number of pyridine rings is 1. The summed E-state index contributed by atoms with van der Waals surface area (Å²) in [4.78, 5) is 4.40. The fourth-order valence-electron chi connectivity index (χ4n) is 1.55. The zero-order valence-corrected chi connectivity index (χ0v) is 8.24. The van der Waals surface area contributed by atoms with Crippen LogP contribution in [0.2, 0.25) is 0 Å². The Morgan fingerprint density at radius 1 is 1.33 bits per heavy atom. The number of rotatable bonds is 1. The molecule has 0 unspecified atom stereocenters. The first-order valence-electron chi connectivity index (χ1n) is 4.42. The number of methoxy groups -OCH3 is 1. The van der Waals surface area contributed by atoms with Crippen LogP contribution in [0.15, 0.2) is 24.3 Å². The Balaban J connectivity index is 0.00000112. The number of anilines is 1. The molecule has 1 heterocycles. The van der Waals surface area contributed by atoms with Crippen molar-refractivity contribution in [1.82, 2.24) is 4.98 Å². The van der Waals surface area contributed by atoms with Gasteiger partial charge in [0, 0.05) is 16.8 Å². The van der Waals surface area contributed by atoms with Crippen LogP contribution in [0, 0.1) is 6.92 Å². The van der Waals surface area contributed by atoms with Crippen molar-refractivity contribution in [2.24, 2.45) is 0 Å². The summed E-state index contributed by atoms with van der Waals surface area (Å²) in [6, 6.07) is 7.60. The van der Waals surface area contributed by atoms with Gasteiger partial charge in [-0.15, -0.1) is 0 Å². The lowest BCUT2D eigenvalue weighted by atomic mass is 10.1. The SMILES string of the molecule is C.COc1cccc2c(N)cc(C)nc12. The van der Waals surface area contributed by atoms with Crippen LogP contribution in [-0.4, -0.2) is 12.1 Å². The minimum atomic E-state index is 0. The number of benzene rings is 1. The molecule has 0 aliphatic carbocycles. The van der Waals surface area contributed by atoms with E-state index in [9.17, 15) is 0 Å². The topological polar surface area (TPSA) is 48.1 Å². The van der Waals surface area contributed by atoms with Gasteiger partial charge >= 0.3 is 0 Å². The summed E-state index contributed by atoms with van der Waals surface area (Å²) in [7, 11) is 1.63. The number of fused-ring (bicyclic) bond motifs is 1. The molecule has 0 fully saturated rings. The maximum Gasteiger partial charge on any atom is 0.145 e. The molecule has 0 saturated carbocycles. The molecule has 0 aliphatic heterocycles. The first-order valence-corrected chi connectivity index (χ1v) is 4.42. The third-order valence-electron chi connectivity index (χ3n) is 2.18. The molecule has 0 radical (unpaired) electrons. The first-order chi connectivity index (χ1) is 6.72. The molecular weight excluding hydrogens is 188 g/mol. The van der Waals surface area contributed by atoms with Crippen LogP contribution in [0.3, 0.4) is 0 Å². The van der Waals surface area contributed by atoms with Crippen molar-refractivity contribution in [2.45, 2.75) is 14.4 Å². The molecule has 0 saturated heterocycles. The van der Waals surface area contributed by atoms with Crippen LogP contribution in [-0.2, 0) is 0 Å². The Hall–Kier alpha value is -1.77. The Kier molecular flexibility index (Phi) is 3.14. The van der Waals surface area contributed by atoms with Crippen molar-refractivity contribution in [3.05, 3.63) is 30.0 Å². The molecular formula is C12H16N2O. The number of ether oxygens (including phenoxy) is 1. The lowest BCUT2D eigenvalue weighted by Crippen LogP contribution is -1.94. The normalized spacial score (nSPS) is 9.73. The minimum absolute atomic E-state index is 0. The fourth-order valence-corrected chi connectivity index (χ4v) is 1.55. The molecule has 15 heavy (non-hydrogen) atoms. The highest BCUT2D eigenvalue weighted by molar-refractivity contribution is 5.94. The molecule has 0 spiro atoms. The summed E-state index contributed by atoms with van der Waals surface area (Å²) in [6.07, 6.45) is 0. The van der Waals surface area contributed by atoms with Crippen molar-refractivity contribution in [1.29, 1.82) is 0 Å². The predicted molar refractivity (Wildman–Crippen MR) is 64.2 cm³/mol. The molecule has 3 nitrogen and oxygen atoms in total. The fraction of sp³-hybridized carbons (Fsp3) is 0.250. The number of nitrogen functional groups attached to an aromatic ring is 1. The van der Waals surface area contributed by atoms with Crippen molar-refractivity contribution in [2.75, 3.05) is 12.8 Å². The van der Waals surface area contributed by atoms with Gasteiger partial charge in [-0.1, -0.05) is 19.6 Å². The lowest BCUT2D eigenvalue weighted by Gasteiger charge is -2.07. The van der Waals surface area contributed by atoms with Crippen molar-refractivity contribution in [3.8, 4) is 5.75 Å². The molecule has 0 atom stereocenters. The summed E-state index contributed by atoms with van der Waals surface area (Å²) < 4.78 is 5.22. The van der Waals surface area contributed by atoms with Crippen molar-refractivity contribution in [3.63, 3.8) is 0 Å². The standard InChI is InChI=1S/C11H12N2O.CH4/c1-7-6-9(12)8-4-3-5-10(14-2)11(8)13-7;/h3-6H,1-2H3,(H2,12,13);1H4. The summed E-state index contributed by atoms with van der Waals surface area (Å²) >= 11 is 0. The summed E-state index contributed by atoms with van der Waals surface area (Å²) in [6.45, 7) is 1.92. The highest BCUT2D eigenvalue weighted by Gasteiger charge is 2.05. The monoisotopic (exact) mass is 204 g/mol. The Morgan fingerprint density at radius 2 is 2.07 bits per heavy atom. The van der Waals surface area contributed by atoms with Gasteiger partial charge in [-0.3, -0.25) is 0 Å². The highest BCUT2D eigenvalue weighted by Crippen LogP contribution is 2.27. The molecule has 1 aromatic heterocycles. The van der Waals surface area contributed by atoms with E-state index in [0.717, 1.165) is 28.0 Å². The van der Waals surface area contributed by atoms with Gasteiger partial charge in [-0.2, -0.15) is 0 Å². The average Bonchev–Trinajstić information content (AvgIpc) is 2.17.